The minimum atomic E-state index is 0.279. The highest BCUT2D eigenvalue weighted by atomic mass is 79.9. The van der Waals surface area contributed by atoms with Crippen LogP contribution < -0.4 is 24.3 Å². The van der Waals surface area contributed by atoms with Gasteiger partial charge in [0.05, 0.1) is 18.7 Å². The van der Waals surface area contributed by atoms with E-state index in [9.17, 15) is 0 Å². The molecule has 0 saturated carbocycles. The van der Waals surface area contributed by atoms with Gasteiger partial charge in [-0.1, -0.05) is 0 Å². The first-order valence-electron chi connectivity index (χ1n) is 6.75. The molecule has 0 unspecified atom stereocenters. The fraction of sp³-hybridized carbons (Fsp3) is 0.250. The molecule has 22 heavy (non-hydrogen) atoms. The van der Waals surface area contributed by atoms with Gasteiger partial charge in [0.25, 0.3) is 0 Å². The Morgan fingerprint density at radius 3 is 2.68 bits per heavy atom. The SMILES string of the molecule is COc1cc(CNc2ccc3c(c2)OCO3)cc(Br)c1OC. The first-order valence-corrected chi connectivity index (χ1v) is 7.54. The summed E-state index contributed by atoms with van der Waals surface area (Å²) < 4.78 is 22.2. The first-order chi connectivity index (χ1) is 10.7. The van der Waals surface area contributed by atoms with Crippen LogP contribution in [0.4, 0.5) is 5.69 Å². The summed E-state index contributed by atoms with van der Waals surface area (Å²) in [7, 11) is 3.24. The van der Waals surface area contributed by atoms with Crippen molar-refractivity contribution < 1.29 is 18.9 Å². The van der Waals surface area contributed by atoms with Crippen molar-refractivity contribution in [2.45, 2.75) is 6.54 Å². The standard InChI is InChI=1S/C16H16BrNO4/c1-19-15-6-10(5-12(17)16(15)20-2)8-18-11-3-4-13-14(7-11)22-9-21-13/h3-7,18H,8-9H2,1-2H3. The fourth-order valence-electron chi connectivity index (χ4n) is 2.28. The van der Waals surface area contributed by atoms with Gasteiger partial charge >= 0.3 is 0 Å². The van der Waals surface area contributed by atoms with Gasteiger partial charge in [-0.15, -0.1) is 0 Å². The maximum atomic E-state index is 5.37. The van der Waals surface area contributed by atoms with Crippen molar-refractivity contribution in [2.24, 2.45) is 0 Å². The minimum absolute atomic E-state index is 0.279. The lowest BCUT2D eigenvalue weighted by atomic mass is 10.2. The predicted molar refractivity (Wildman–Crippen MR) is 87.1 cm³/mol. The molecule has 0 saturated heterocycles. The van der Waals surface area contributed by atoms with E-state index in [0.29, 0.717) is 18.0 Å². The van der Waals surface area contributed by atoms with Crippen LogP contribution >= 0.6 is 15.9 Å². The maximum absolute atomic E-state index is 5.37. The number of methoxy groups -OCH3 is 2. The van der Waals surface area contributed by atoms with Crippen molar-refractivity contribution in [3.63, 3.8) is 0 Å². The highest BCUT2D eigenvalue weighted by molar-refractivity contribution is 9.10. The molecule has 2 aromatic carbocycles. The summed E-state index contributed by atoms with van der Waals surface area (Å²) in [5.74, 6) is 2.92. The molecule has 0 fully saturated rings. The Morgan fingerprint density at radius 2 is 1.91 bits per heavy atom. The number of anilines is 1. The van der Waals surface area contributed by atoms with E-state index in [1.165, 1.54) is 0 Å². The van der Waals surface area contributed by atoms with Gasteiger partial charge in [0.15, 0.2) is 23.0 Å². The lowest BCUT2D eigenvalue weighted by molar-refractivity contribution is 0.174. The molecule has 1 aliphatic rings. The zero-order valence-electron chi connectivity index (χ0n) is 12.3. The van der Waals surface area contributed by atoms with E-state index in [0.717, 1.165) is 27.2 Å². The topological polar surface area (TPSA) is 49.0 Å². The highest BCUT2D eigenvalue weighted by Crippen LogP contribution is 2.37. The number of ether oxygens (including phenoxy) is 4. The van der Waals surface area contributed by atoms with Crippen LogP contribution in [0.1, 0.15) is 5.56 Å². The van der Waals surface area contributed by atoms with E-state index in [1.807, 2.05) is 30.3 Å². The van der Waals surface area contributed by atoms with Gasteiger partial charge in [-0.05, 0) is 45.8 Å². The maximum Gasteiger partial charge on any atom is 0.231 e. The van der Waals surface area contributed by atoms with E-state index >= 15 is 0 Å². The second kappa shape index (κ2) is 6.36. The van der Waals surface area contributed by atoms with E-state index in [1.54, 1.807) is 14.2 Å². The fourth-order valence-corrected chi connectivity index (χ4v) is 2.94. The number of rotatable bonds is 5. The van der Waals surface area contributed by atoms with E-state index in [4.69, 9.17) is 18.9 Å². The number of benzene rings is 2. The Kier molecular flexibility index (Phi) is 4.29. The van der Waals surface area contributed by atoms with Crippen LogP contribution in [0.2, 0.25) is 0 Å². The third-order valence-corrected chi connectivity index (χ3v) is 3.95. The quantitative estimate of drug-likeness (QED) is 0.872. The van der Waals surface area contributed by atoms with Crippen LogP contribution in [0.3, 0.4) is 0 Å². The molecule has 1 N–H and O–H groups in total. The van der Waals surface area contributed by atoms with Crippen LogP contribution in [0.15, 0.2) is 34.8 Å². The van der Waals surface area contributed by atoms with Gasteiger partial charge in [0.1, 0.15) is 0 Å². The van der Waals surface area contributed by atoms with Crippen LogP contribution in [0.25, 0.3) is 0 Å². The average molecular weight is 366 g/mol. The Hall–Kier alpha value is -2.08. The molecule has 1 heterocycles. The number of hydrogen-bond donors (Lipinski definition) is 1. The molecular weight excluding hydrogens is 350 g/mol. The second-order valence-electron chi connectivity index (χ2n) is 4.73. The van der Waals surface area contributed by atoms with Crippen LogP contribution in [0, 0.1) is 0 Å². The van der Waals surface area contributed by atoms with Gasteiger partial charge in [0.2, 0.25) is 6.79 Å². The molecule has 0 spiro atoms. The third-order valence-electron chi connectivity index (χ3n) is 3.36. The molecule has 0 aromatic heterocycles. The highest BCUT2D eigenvalue weighted by Gasteiger charge is 2.14. The Balaban J connectivity index is 1.75. The lowest BCUT2D eigenvalue weighted by Crippen LogP contribution is -2.01. The molecule has 0 aliphatic carbocycles. The van der Waals surface area contributed by atoms with E-state index in [-0.39, 0.29) is 6.79 Å². The van der Waals surface area contributed by atoms with Crippen molar-refractivity contribution in [3.05, 3.63) is 40.4 Å². The average Bonchev–Trinajstić information content (AvgIpc) is 2.99. The summed E-state index contributed by atoms with van der Waals surface area (Å²) in [5, 5.41) is 3.35. The summed E-state index contributed by atoms with van der Waals surface area (Å²) in [6.07, 6.45) is 0. The van der Waals surface area contributed by atoms with Crippen LogP contribution in [-0.2, 0) is 6.54 Å². The van der Waals surface area contributed by atoms with Crippen LogP contribution in [-0.4, -0.2) is 21.0 Å². The van der Waals surface area contributed by atoms with Crippen LogP contribution in [0.5, 0.6) is 23.0 Å². The molecule has 0 atom stereocenters. The van der Waals surface area contributed by atoms with Gasteiger partial charge < -0.3 is 24.3 Å². The smallest absolute Gasteiger partial charge is 0.231 e. The molecule has 3 rings (SSSR count). The number of hydrogen-bond acceptors (Lipinski definition) is 5. The molecule has 0 bridgehead atoms. The van der Waals surface area contributed by atoms with Gasteiger partial charge in [0, 0.05) is 18.3 Å². The summed E-state index contributed by atoms with van der Waals surface area (Å²) >= 11 is 3.50. The summed E-state index contributed by atoms with van der Waals surface area (Å²) in [6.45, 7) is 0.931. The minimum Gasteiger partial charge on any atom is -0.493 e. The molecule has 116 valence electrons. The molecule has 0 radical (unpaired) electrons. The Bertz CT molecular complexity index is 690. The molecule has 6 heteroatoms. The van der Waals surface area contributed by atoms with Crippen molar-refractivity contribution in [2.75, 3.05) is 26.3 Å². The zero-order valence-corrected chi connectivity index (χ0v) is 13.9. The summed E-state index contributed by atoms with van der Waals surface area (Å²) in [5.41, 5.74) is 2.04. The number of fused-ring (bicyclic) bond motifs is 1. The monoisotopic (exact) mass is 365 g/mol. The molecule has 1 aliphatic heterocycles. The van der Waals surface area contributed by atoms with E-state index < -0.39 is 0 Å². The number of halogens is 1. The zero-order chi connectivity index (χ0) is 15.5. The van der Waals surface area contributed by atoms with Crippen molar-refractivity contribution in [3.8, 4) is 23.0 Å². The third kappa shape index (κ3) is 2.92. The Labute approximate surface area is 137 Å². The molecule has 0 amide bonds. The van der Waals surface area contributed by atoms with Gasteiger partial charge in [-0.2, -0.15) is 0 Å². The number of nitrogens with one attached hydrogen (secondary N) is 1. The first kappa shape index (κ1) is 14.8. The lowest BCUT2D eigenvalue weighted by Gasteiger charge is -2.13. The summed E-state index contributed by atoms with van der Waals surface area (Å²) in [6, 6.07) is 9.74. The largest absolute Gasteiger partial charge is 0.493 e. The Morgan fingerprint density at radius 1 is 1.09 bits per heavy atom. The van der Waals surface area contributed by atoms with Gasteiger partial charge in [-0.3, -0.25) is 0 Å². The summed E-state index contributed by atoms with van der Waals surface area (Å²) in [4.78, 5) is 0. The van der Waals surface area contributed by atoms with Crippen molar-refractivity contribution >= 4 is 21.6 Å². The molecule has 5 nitrogen and oxygen atoms in total. The molecular formula is C16H16BrNO4. The predicted octanol–water partition coefficient (Wildman–Crippen LogP) is 3.81. The van der Waals surface area contributed by atoms with Gasteiger partial charge in [-0.25, -0.2) is 0 Å². The van der Waals surface area contributed by atoms with Crippen molar-refractivity contribution in [1.82, 2.24) is 0 Å². The molecule has 2 aromatic rings. The second-order valence-corrected chi connectivity index (χ2v) is 5.59. The van der Waals surface area contributed by atoms with Crippen molar-refractivity contribution in [1.29, 1.82) is 0 Å². The van der Waals surface area contributed by atoms with E-state index in [2.05, 4.69) is 21.2 Å². The normalized spacial score (nSPS) is 12.1.